The van der Waals surface area contributed by atoms with Crippen LogP contribution in [0.25, 0.3) is 105 Å². The summed E-state index contributed by atoms with van der Waals surface area (Å²) >= 11 is 0. The van der Waals surface area contributed by atoms with E-state index in [9.17, 15) is 0 Å². The molecule has 0 amide bonds. The van der Waals surface area contributed by atoms with Crippen LogP contribution >= 0.6 is 0 Å². The van der Waals surface area contributed by atoms with Gasteiger partial charge in [-0.3, -0.25) is 4.57 Å². The van der Waals surface area contributed by atoms with Gasteiger partial charge in [-0.2, -0.15) is 0 Å². The highest BCUT2D eigenvalue weighted by Gasteiger charge is 2.23. The van der Waals surface area contributed by atoms with Gasteiger partial charge in [0.1, 0.15) is 16.9 Å². The van der Waals surface area contributed by atoms with Gasteiger partial charge < -0.3 is 4.42 Å². The molecule has 232 valence electrons. The van der Waals surface area contributed by atoms with E-state index in [0.717, 1.165) is 72.2 Å². The molecule has 0 aliphatic carbocycles. The van der Waals surface area contributed by atoms with Crippen LogP contribution in [0.5, 0.6) is 0 Å². The van der Waals surface area contributed by atoms with Gasteiger partial charge in [-0.25, -0.2) is 9.97 Å². The number of aromatic nitrogens is 3. The Bertz CT molecular complexity index is 3150. The molecule has 0 N–H and O–H groups in total. The third-order valence-electron chi connectivity index (χ3n) is 10.2. The Hall–Kier alpha value is -6.78. The molecule has 0 fully saturated rings. The minimum atomic E-state index is 0.808. The van der Waals surface area contributed by atoms with Crippen LogP contribution in [0.2, 0.25) is 0 Å². The van der Waals surface area contributed by atoms with E-state index in [-0.39, 0.29) is 0 Å². The fraction of sp³-hybridized carbons (Fsp3) is 0. The van der Waals surface area contributed by atoms with Crippen molar-refractivity contribution in [2.45, 2.75) is 0 Å². The Balaban J connectivity index is 1.33. The standard InChI is InChI=1S/C46H27N3O/c1-2-13-29(14-3-1)45-46(48-38-20-10-9-19-37(38)47-45)49-39-24-22-28-12-4-5-15-31(28)43(39)44-34-18-7-6-16-32(34)35(27-40(44)49)30-23-25-42-36(26-30)33-17-8-11-21-41(33)50-42/h1-27H. The molecule has 0 aliphatic rings. The maximum atomic E-state index is 6.23. The predicted molar refractivity (Wildman–Crippen MR) is 207 cm³/mol. The zero-order chi connectivity index (χ0) is 32.8. The first-order valence-electron chi connectivity index (χ1n) is 16.9. The summed E-state index contributed by atoms with van der Waals surface area (Å²) in [4.78, 5) is 10.7. The number of fused-ring (bicyclic) bond motifs is 11. The Kier molecular flexibility index (Phi) is 5.63. The monoisotopic (exact) mass is 637 g/mol. The van der Waals surface area contributed by atoms with Crippen molar-refractivity contribution < 1.29 is 4.42 Å². The van der Waals surface area contributed by atoms with Gasteiger partial charge in [0.05, 0.1) is 22.1 Å². The first-order chi connectivity index (χ1) is 24.8. The Morgan fingerprint density at radius 1 is 0.420 bits per heavy atom. The van der Waals surface area contributed by atoms with Gasteiger partial charge >= 0.3 is 0 Å². The third-order valence-corrected chi connectivity index (χ3v) is 10.2. The van der Waals surface area contributed by atoms with Crippen LogP contribution in [0.4, 0.5) is 0 Å². The van der Waals surface area contributed by atoms with Crippen LogP contribution in [-0.2, 0) is 0 Å². The number of benzene rings is 8. The molecule has 0 spiro atoms. The lowest BCUT2D eigenvalue weighted by Gasteiger charge is -2.15. The molecule has 4 heteroatoms. The normalized spacial score (nSPS) is 12.0. The molecule has 4 nitrogen and oxygen atoms in total. The molecular weight excluding hydrogens is 611 g/mol. The summed E-state index contributed by atoms with van der Waals surface area (Å²) < 4.78 is 8.58. The van der Waals surface area contributed by atoms with E-state index in [1.807, 2.05) is 36.4 Å². The average Bonchev–Trinajstić information content (AvgIpc) is 3.73. The molecule has 0 bridgehead atoms. The number of rotatable bonds is 3. The first kappa shape index (κ1) is 27.2. The largest absolute Gasteiger partial charge is 0.456 e. The summed E-state index contributed by atoms with van der Waals surface area (Å²) in [5.74, 6) is 0.808. The number of hydrogen-bond acceptors (Lipinski definition) is 3. The number of hydrogen-bond donors (Lipinski definition) is 0. The van der Waals surface area contributed by atoms with Crippen LogP contribution < -0.4 is 0 Å². The molecule has 11 aromatic rings. The summed E-state index contributed by atoms with van der Waals surface area (Å²) in [6, 6.07) is 57.8. The second-order valence-electron chi connectivity index (χ2n) is 12.9. The number of para-hydroxylation sites is 3. The van der Waals surface area contributed by atoms with Gasteiger partial charge in [0.15, 0.2) is 5.82 Å². The van der Waals surface area contributed by atoms with E-state index in [1.165, 1.54) is 32.3 Å². The molecular formula is C46H27N3O. The fourth-order valence-corrected chi connectivity index (χ4v) is 7.94. The Labute approximate surface area is 286 Å². The van der Waals surface area contributed by atoms with Crippen molar-refractivity contribution >= 4 is 76.3 Å². The summed E-state index contributed by atoms with van der Waals surface area (Å²) in [5.41, 5.74) is 9.86. The summed E-state index contributed by atoms with van der Waals surface area (Å²) in [6.45, 7) is 0. The molecule has 0 radical (unpaired) electrons. The van der Waals surface area contributed by atoms with Gasteiger partial charge in [-0.05, 0) is 75.1 Å². The second-order valence-corrected chi connectivity index (χ2v) is 12.9. The highest BCUT2D eigenvalue weighted by atomic mass is 16.3. The second kappa shape index (κ2) is 10.4. The van der Waals surface area contributed by atoms with E-state index in [0.29, 0.717) is 0 Å². The number of nitrogens with zero attached hydrogens (tertiary/aromatic N) is 3. The van der Waals surface area contributed by atoms with E-state index in [4.69, 9.17) is 14.4 Å². The lowest BCUT2D eigenvalue weighted by molar-refractivity contribution is 0.669. The molecule has 0 saturated carbocycles. The summed E-state index contributed by atoms with van der Waals surface area (Å²) in [6.07, 6.45) is 0. The molecule has 0 aliphatic heterocycles. The van der Waals surface area contributed by atoms with Crippen molar-refractivity contribution in [1.82, 2.24) is 14.5 Å². The van der Waals surface area contributed by atoms with Gasteiger partial charge in [-0.1, -0.05) is 121 Å². The van der Waals surface area contributed by atoms with E-state index < -0.39 is 0 Å². The molecule has 3 heterocycles. The first-order valence-corrected chi connectivity index (χ1v) is 16.9. The molecule has 0 unspecified atom stereocenters. The minimum absolute atomic E-state index is 0.808. The van der Waals surface area contributed by atoms with Crippen molar-refractivity contribution in [3.63, 3.8) is 0 Å². The summed E-state index contributed by atoms with van der Waals surface area (Å²) in [7, 11) is 0. The lowest BCUT2D eigenvalue weighted by Crippen LogP contribution is -2.03. The van der Waals surface area contributed by atoms with Crippen molar-refractivity contribution in [3.05, 3.63) is 164 Å². The van der Waals surface area contributed by atoms with Crippen molar-refractivity contribution in [3.8, 4) is 28.2 Å². The molecule has 11 rings (SSSR count). The fourth-order valence-electron chi connectivity index (χ4n) is 7.94. The lowest BCUT2D eigenvalue weighted by atomic mass is 9.93. The highest BCUT2D eigenvalue weighted by Crippen LogP contribution is 2.45. The smallest absolute Gasteiger partial charge is 0.165 e. The van der Waals surface area contributed by atoms with Crippen molar-refractivity contribution in [2.24, 2.45) is 0 Å². The third kappa shape index (κ3) is 3.87. The highest BCUT2D eigenvalue weighted by molar-refractivity contribution is 6.30. The molecule has 8 aromatic carbocycles. The Morgan fingerprint density at radius 2 is 1.08 bits per heavy atom. The van der Waals surface area contributed by atoms with Gasteiger partial charge in [0.25, 0.3) is 0 Å². The van der Waals surface area contributed by atoms with Gasteiger partial charge in [0.2, 0.25) is 0 Å². The topological polar surface area (TPSA) is 43.9 Å². The van der Waals surface area contributed by atoms with E-state index >= 15 is 0 Å². The van der Waals surface area contributed by atoms with Crippen LogP contribution in [-0.4, -0.2) is 14.5 Å². The number of furan rings is 1. The maximum absolute atomic E-state index is 6.23. The van der Waals surface area contributed by atoms with E-state index in [1.54, 1.807) is 0 Å². The van der Waals surface area contributed by atoms with Crippen LogP contribution in [0, 0.1) is 0 Å². The zero-order valence-electron chi connectivity index (χ0n) is 26.8. The minimum Gasteiger partial charge on any atom is -0.456 e. The van der Waals surface area contributed by atoms with Gasteiger partial charge in [0, 0.05) is 27.1 Å². The molecule has 50 heavy (non-hydrogen) atoms. The predicted octanol–water partition coefficient (Wildman–Crippen LogP) is 12.3. The maximum Gasteiger partial charge on any atom is 0.165 e. The van der Waals surface area contributed by atoms with Crippen LogP contribution in [0.15, 0.2) is 168 Å². The summed E-state index contributed by atoms with van der Waals surface area (Å²) in [5, 5.41) is 9.48. The molecule has 0 saturated heterocycles. The Morgan fingerprint density at radius 3 is 1.94 bits per heavy atom. The van der Waals surface area contributed by atoms with E-state index in [2.05, 4.69) is 132 Å². The SMILES string of the molecule is c1ccc(-c2nc3ccccc3nc2-n2c3ccc4ccccc4c3c3c4ccccc4c(-c4ccc5oc6ccccc6c5c4)cc32)cc1. The average molecular weight is 638 g/mol. The van der Waals surface area contributed by atoms with Crippen LogP contribution in [0.1, 0.15) is 0 Å². The molecule has 3 aromatic heterocycles. The van der Waals surface area contributed by atoms with Crippen molar-refractivity contribution in [2.75, 3.05) is 0 Å². The van der Waals surface area contributed by atoms with Crippen LogP contribution in [0.3, 0.4) is 0 Å². The van der Waals surface area contributed by atoms with Gasteiger partial charge in [-0.15, -0.1) is 0 Å². The quantitative estimate of drug-likeness (QED) is 0.194. The molecule has 0 atom stereocenters. The van der Waals surface area contributed by atoms with Crippen molar-refractivity contribution in [1.29, 1.82) is 0 Å². The zero-order valence-corrected chi connectivity index (χ0v) is 26.8.